The van der Waals surface area contributed by atoms with Crippen molar-refractivity contribution in [2.45, 2.75) is 5.22 Å². The molecule has 0 aliphatic heterocycles. The van der Waals surface area contributed by atoms with Crippen LogP contribution in [0.3, 0.4) is 0 Å². The first-order chi connectivity index (χ1) is 11.6. The van der Waals surface area contributed by atoms with Gasteiger partial charge in [-0.1, -0.05) is 52.0 Å². The molecule has 0 atom stereocenters. The van der Waals surface area contributed by atoms with Crippen LogP contribution >= 0.6 is 27.7 Å². The highest BCUT2D eigenvalue weighted by molar-refractivity contribution is 9.10. The molecule has 4 nitrogen and oxygen atoms in total. The molecule has 7 heteroatoms. The van der Waals surface area contributed by atoms with Crippen LogP contribution in [0, 0.1) is 5.82 Å². The molecule has 2 aromatic carbocycles. The van der Waals surface area contributed by atoms with Gasteiger partial charge in [-0.25, -0.2) is 9.37 Å². The first kappa shape index (κ1) is 16.7. The standard InChI is InChI=1S/C17H12BrFN2O2S/c18-12-7-5-11(6-8-12)15-9-20-17(23-15)24-10-16(22)21-14-4-2-1-3-13(14)19/h1-9H,10H2,(H,21,22). The Morgan fingerprint density at radius 2 is 1.96 bits per heavy atom. The summed E-state index contributed by atoms with van der Waals surface area (Å²) in [4.78, 5) is 16.0. The number of halogens is 2. The summed E-state index contributed by atoms with van der Waals surface area (Å²) in [5.41, 5.74) is 1.06. The number of para-hydroxylation sites is 1. The maximum absolute atomic E-state index is 13.5. The lowest BCUT2D eigenvalue weighted by atomic mass is 10.2. The summed E-state index contributed by atoms with van der Waals surface area (Å²) >= 11 is 4.53. The lowest BCUT2D eigenvalue weighted by Gasteiger charge is -2.04. The summed E-state index contributed by atoms with van der Waals surface area (Å²) in [6.45, 7) is 0. The SMILES string of the molecule is O=C(CSc1ncc(-c2ccc(Br)cc2)o1)Nc1ccccc1F. The summed E-state index contributed by atoms with van der Waals surface area (Å²) < 4.78 is 20.1. The topological polar surface area (TPSA) is 55.1 Å². The molecular formula is C17H12BrFN2O2S. The molecule has 1 aromatic heterocycles. The number of hydrogen-bond donors (Lipinski definition) is 1. The van der Waals surface area contributed by atoms with Gasteiger partial charge in [0.15, 0.2) is 5.76 Å². The Balaban J connectivity index is 1.58. The molecule has 1 amide bonds. The first-order valence-electron chi connectivity index (χ1n) is 7.01. The first-order valence-corrected chi connectivity index (χ1v) is 8.78. The van der Waals surface area contributed by atoms with Crippen LogP contribution in [0.5, 0.6) is 0 Å². The molecule has 0 saturated heterocycles. The minimum Gasteiger partial charge on any atom is -0.431 e. The molecule has 122 valence electrons. The minimum absolute atomic E-state index is 0.0780. The smallest absolute Gasteiger partial charge is 0.256 e. The zero-order valence-electron chi connectivity index (χ0n) is 12.3. The minimum atomic E-state index is -0.468. The molecule has 0 spiro atoms. The lowest BCUT2D eigenvalue weighted by Crippen LogP contribution is -2.14. The number of amides is 1. The Morgan fingerprint density at radius 3 is 2.71 bits per heavy atom. The number of anilines is 1. The number of benzene rings is 2. The molecule has 3 aromatic rings. The number of oxazole rings is 1. The van der Waals surface area contributed by atoms with Crippen molar-refractivity contribution >= 4 is 39.3 Å². The van der Waals surface area contributed by atoms with Gasteiger partial charge in [-0.3, -0.25) is 4.79 Å². The van der Waals surface area contributed by atoms with Crippen LogP contribution in [0.4, 0.5) is 10.1 Å². The van der Waals surface area contributed by atoms with Crippen LogP contribution in [-0.4, -0.2) is 16.6 Å². The van der Waals surface area contributed by atoms with Gasteiger partial charge in [-0.15, -0.1) is 0 Å². The van der Waals surface area contributed by atoms with Gasteiger partial charge in [0.25, 0.3) is 5.22 Å². The molecule has 0 fully saturated rings. The van der Waals surface area contributed by atoms with Crippen LogP contribution in [0.1, 0.15) is 0 Å². The quantitative estimate of drug-likeness (QED) is 0.607. The zero-order valence-corrected chi connectivity index (χ0v) is 14.7. The van der Waals surface area contributed by atoms with Gasteiger partial charge in [0.2, 0.25) is 5.91 Å². The maximum Gasteiger partial charge on any atom is 0.256 e. The predicted molar refractivity (Wildman–Crippen MR) is 95.4 cm³/mol. The number of carbonyl (C=O) groups is 1. The third-order valence-electron chi connectivity index (χ3n) is 3.09. The summed E-state index contributed by atoms with van der Waals surface area (Å²) in [5.74, 6) is -0.0910. The summed E-state index contributed by atoms with van der Waals surface area (Å²) in [7, 11) is 0. The van der Waals surface area contributed by atoms with E-state index in [1.165, 1.54) is 12.1 Å². The van der Waals surface area contributed by atoms with Gasteiger partial charge in [-0.2, -0.15) is 0 Å². The van der Waals surface area contributed by atoms with E-state index in [0.29, 0.717) is 11.0 Å². The Labute approximate surface area is 150 Å². The van der Waals surface area contributed by atoms with Gasteiger partial charge in [0.1, 0.15) is 5.82 Å². The molecule has 0 bridgehead atoms. The number of aromatic nitrogens is 1. The number of rotatable bonds is 5. The Morgan fingerprint density at radius 1 is 1.21 bits per heavy atom. The molecule has 0 aliphatic carbocycles. The van der Waals surface area contributed by atoms with E-state index >= 15 is 0 Å². The zero-order chi connectivity index (χ0) is 16.9. The molecule has 0 unspecified atom stereocenters. The van der Waals surface area contributed by atoms with Crippen molar-refractivity contribution in [1.29, 1.82) is 0 Å². The summed E-state index contributed by atoms with van der Waals surface area (Å²) in [5, 5.41) is 2.90. The fourth-order valence-electron chi connectivity index (χ4n) is 1.95. The van der Waals surface area contributed by atoms with E-state index in [0.717, 1.165) is 21.8 Å². The lowest BCUT2D eigenvalue weighted by molar-refractivity contribution is -0.113. The number of carbonyl (C=O) groups excluding carboxylic acids is 1. The molecule has 0 saturated carbocycles. The van der Waals surface area contributed by atoms with Crippen molar-refractivity contribution < 1.29 is 13.6 Å². The van der Waals surface area contributed by atoms with E-state index < -0.39 is 5.82 Å². The number of thioether (sulfide) groups is 1. The van der Waals surface area contributed by atoms with Gasteiger partial charge >= 0.3 is 0 Å². The van der Waals surface area contributed by atoms with Crippen molar-refractivity contribution in [2.75, 3.05) is 11.1 Å². The average Bonchev–Trinajstić information content (AvgIpc) is 3.05. The highest BCUT2D eigenvalue weighted by Gasteiger charge is 2.11. The normalized spacial score (nSPS) is 10.6. The fourth-order valence-corrected chi connectivity index (χ4v) is 2.82. The van der Waals surface area contributed by atoms with E-state index in [2.05, 4.69) is 26.2 Å². The predicted octanol–water partition coefficient (Wildman–Crippen LogP) is 4.97. The number of nitrogens with zero attached hydrogens (tertiary/aromatic N) is 1. The highest BCUT2D eigenvalue weighted by Crippen LogP contribution is 2.26. The van der Waals surface area contributed by atoms with Crippen LogP contribution in [0.15, 0.2) is 68.8 Å². The molecule has 24 heavy (non-hydrogen) atoms. The van der Waals surface area contributed by atoms with Crippen molar-refractivity contribution in [3.05, 3.63) is 65.0 Å². The third-order valence-corrected chi connectivity index (χ3v) is 4.46. The van der Waals surface area contributed by atoms with Crippen LogP contribution < -0.4 is 5.32 Å². The molecule has 1 N–H and O–H groups in total. The molecular weight excluding hydrogens is 395 g/mol. The van der Waals surface area contributed by atoms with Gasteiger partial charge in [0, 0.05) is 10.0 Å². The van der Waals surface area contributed by atoms with E-state index in [4.69, 9.17) is 4.42 Å². The average molecular weight is 407 g/mol. The van der Waals surface area contributed by atoms with Crippen molar-refractivity contribution in [2.24, 2.45) is 0 Å². The molecule has 1 heterocycles. The highest BCUT2D eigenvalue weighted by atomic mass is 79.9. The Kier molecular flexibility index (Phi) is 5.32. The van der Waals surface area contributed by atoms with Crippen molar-refractivity contribution in [1.82, 2.24) is 4.98 Å². The Bertz CT molecular complexity index is 852. The van der Waals surface area contributed by atoms with E-state index in [1.54, 1.807) is 18.3 Å². The van der Waals surface area contributed by atoms with Crippen molar-refractivity contribution in [3.63, 3.8) is 0 Å². The van der Waals surface area contributed by atoms with E-state index in [9.17, 15) is 9.18 Å². The number of hydrogen-bond acceptors (Lipinski definition) is 4. The monoisotopic (exact) mass is 406 g/mol. The molecule has 0 radical (unpaired) electrons. The fraction of sp³-hybridized carbons (Fsp3) is 0.0588. The van der Waals surface area contributed by atoms with Crippen LogP contribution in [0.2, 0.25) is 0 Å². The summed E-state index contributed by atoms with van der Waals surface area (Å²) in [6.07, 6.45) is 1.61. The number of nitrogens with one attached hydrogen (secondary N) is 1. The second-order valence-corrected chi connectivity index (χ2v) is 6.66. The maximum atomic E-state index is 13.5. The molecule has 0 aliphatic rings. The second kappa shape index (κ2) is 7.63. The second-order valence-electron chi connectivity index (χ2n) is 4.81. The van der Waals surface area contributed by atoms with Crippen LogP contribution in [0.25, 0.3) is 11.3 Å². The van der Waals surface area contributed by atoms with Gasteiger partial charge < -0.3 is 9.73 Å². The van der Waals surface area contributed by atoms with Gasteiger partial charge in [-0.05, 0) is 24.3 Å². The third kappa shape index (κ3) is 4.24. The van der Waals surface area contributed by atoms with Crippen LogP contribution in [-0.2, 0) is 4.79 Å². The van der Waals surface area contributed by atoms with E-state index in [-0.39, 0.29) is 17.3 Å². The van der Waals surface area contributed by atoms with Crippen molar-refractivity contribution in [3.8, 4) is 11.3 Å². The molecule has 3 rings (SSSR count). The summed E-state index contributed by atoms with van der Waals surface area (Å²) in [6, 6.07) is 13.7. The van der Waals surface area contributed by atoms with Gasteiger partial charge in [0.05, 0.1) is 17.6 Å². The van der Waals surface area contributed by atoms with E-state index in [1.807, 2.05) is 24.3 Å². The largest absolute Gasteiger partial charge is 0.431 e. The Hall–Kier alpha value is -2.12.